The Hall–Kier alpha value is -1.58. The smallest absolute Gasteiger partial charge is 0.273 e. The molecule has 0 amide bonds. The molecule has 0 aliphatic carbocycles. The van der Waals surface area contributed by atoms with Crippen molar-refractivity contribution in [1.29, 1.82) is 0 Å². The van der Waals surface area contributed by atoms with E-state index in [0.717, 1.165) is 5.52 Å². The second-order valence-electron chi connectivity index (χ2n) is 3.31. The monoisotopic (exact) mass is 177 g/mol. The van der Waals surface area contributed by atoms with Gasteiger partial charge in [0.2, 0.25) is 0 Å². The Kier molecular flexibility index (Phi) is 1.69. The zero-order chi connectivity index (χ0) is 9.42. The molecule has 13 heavy (non-hydrogen) atoms. The van der Waals surface area contributed by atoms with Gasteiger partial charge in [-0.05, 0) is 19.9 Å². The van der Waals surface area contributed by atoms with E-state index in [4.69, 9.17) is 0 Å². The minimum Gasteiger partial charge on any atom is -0.344 e. The maximum Gasteiger partial charge on any atom is 0.273 e. The minimum absolute atomic E-state index is 0.128. The Balaban J connectivity index is 2.83. The number of rotatable bonds is 1. The van der Waals surface area contributed by atoms with E-state index in [0.29, 0.717) is 11.4 Å². The van der Waals surface area contributed by atoms with Crippen LogP contribution in [-0.2, 0) is 0 Å². The fourth-order valence-electron chi connectivity index (χ4n) is 1.45. The van der Waals surface area contributed by atoms with Gasteiger partial charge in [-0.2, -0.15) is 5.10 Å². The molecule has 0 aliphatic heterocycles. The molecule has 0 radical (unpaired) electrons. The molecule has 0 unspecified atom stereocenters. The first-order valence-corrected chi connectivity index (χ1v) is 4.24. The number of nitrogens with one attached hydrogen (secondary N) is 1. The highest BCUT2D eigenvalue weighted by Gasteiger charge is 2.05. The van der Waals surface area contributed by atoms with Crippen LogP contribution >= 0.6 is 0 Å². The van der Waals surface area contributed by atoms with Crippen molar-refractivity contribution in [2.24, 2.45) is 0 Å². The van der Waals surface area contributed by atoms with Gasteiger partial charge in [-0.25, -0.2) is 5.10 Å². The van der Waals surface area contributed by atoms with E-state index in [-0.39, 0.29) is 5.56 Å². The van der Waals surface area contributed by atoms with Gasteiger partial charge in [0, 0.05) is 12.2 Å². The van der Waals surface area contributed by atoms with Crippen LogP contribution in [-0.4, -0.2) is 14.8 Å². The van der Waals surface area contributed by atoms with E-state index in [1.54, 1.807) is 6.20 Å². The van der Waals surface area contributed by atoms with Crippen molar-refractivity contribution in [1.82, 2.24) is 14.8 Å². The summed E-state index contributed by atoms with van der Waals surface area (Å²) in [5.74, 6) is 0. The topological polar surface area (TPSA) is 50.7 Å². The van der Waals surface area contributed by atoms with E-state index in [1.807, 2.05) is 16.8 Å². The number of fused-ring (bicyclic) bond motifs is 1. The summed E-state index contributed by atoms with van der Waals surface area (Å²) in [7, 11) is 0. The quantitative estimate of drug-likeness (QED) is 0.713. The number of aromatic amines is 1. The first kappa shape index (κ1) is 8.04. The molecule has 2 rings (SSSR count). The van der Waals surface area contributed by atoms with Crippen molar-refractivity contribution >= 4 is 10.9 Å². The number of H-pyrrole nitrogens is 1. The van der Waals surface area contributed by atoms with Crippen LogP contribution in [0.4, 0.5) is 0 Å². The maximum atomic E-state index is 11.3. The van der Waals surface area contributed by atoms with Gasteiger partial charge >= 0.3 is 0 Å². The molecule has 1 N–H and O–H groups in total. The van der Waals surface area contributed by atoms with Gasteiger partial charge in [-0.1, -0.05) is 0 Å². The fraction of sp³-hybridized carbons (Fsp3) is 0.333. The lowest BCUT2D eigenvalue weighted by molar-refractivity contribution is 0.621. The van der Waals surface area contributed by atoms with Crippen LogP contribution in [0, 0.1) is 0 Å². The highest BCUT2D eigenvalue weighted by Crippen LogP contribution is 2.14. The molecule has 0 aliphatic rings. The minimum atomic E-state index is -0.128. The lowest BCUT2D eigenvalue weighted by atomic mass is 10.3. The average Bonchev–Trinajstić information content (AvgIpc) is 2.48. The summed E-state index contributed by atoms with van der Waals surface area (Å²) in [5, 5.41) is 6.87. The molecule has 2 aromatic rings. The maximum absolute atomic E-state index is 11.3. The van der Waals surface area contributed by atoms with Gasteiger partial charge in [0.1, 0.15) is 0 Å². The molecule has 4 nitrogen and oxygen atoms in total. The summed E-state index contributed by atoms with van der Waals surface area (Å²) in [5.41, 5.74) is 0.760. The van der Waals surface area contributed by atoms with Gasteiger partial charge in [0.15, 0.2) is 0 Å². The molecule has 0 saturated heterocycles. The Labute approximate surface area is 75.2 Å². The zero-order valence-electron chi connectivity index (χ0n) is 7.61. The Morgan fingerprint density at radius 3 is 3.00 bits per heavy atom. The molecule has 0 spiro atoms. The molecule has 0 bridgehead atoms. The third-order valence-corrected chi connectivity index (χ3v) is 2.11. The van der Waals surface area contributed by atoms with Gasteiger partial charge in [-0.3, -0.25) is 4.79 Å². The zero-order valence-corrected chi connectivity index (χ0v) is 7.61. The summed E-state index contributed by atoms with van der Waals surface area (Å²) in [6, 6.07) is 2.16. The summed E-state index contributed by atoms with van der Waals surface area (Å²) < 4.78 is 2.03. The third kappa shape index (κ3) is 1.14. The van der Waals surface area contributed by atoms with Crippen LogP contribution in [0.1, 0.15) is 19.9 Å². The van der Waals surface area contributed by atoms with Crippen molar-refractivity contribution in [2.75, 3.05) is 0 Å². The Bertz CT molecular complexity index is 481. The number of hydrogen-bond donors (Lipinski definition) is 1. The molecule has 4 heteroatoms. The molecule has 0 atom stereocenters. The summed E-state index contributed by atoms with van der Waals surface area (Å²) in [6.07, 6.45) is 3.59. The van der Waals surface area contributed by atoms with E-state index >= 15 is 0 Å². The predicted octanol–water partition coefficient (Wildman–Crippen LogP) is 1.31. The van der Waals surface area contributed by atoms with E-state index in [2.05, 4.69) is 24.0 Å². The van der Waals surface area contributed by atoms with Gasteiger partial charge in [0.05, 0.1) is 17.1 Å². The lowest BCUT2D eigenvalue weighted by Gasteiger charge is -2.07. The Morgan fingerprint density at radius 2 is 2.31 bits per heavy atom. The molecule has 2 heterocycles. The number of aromatic nitrogens is 3. The van der Waals surface area contributed by atoms with Crippen LogP contribution in [0.5, 0.6) is 0 Å². The number of hydrogen-bond acceptors (Lipinski definition) is 2. The third-order valence-electron chi connectivity index (χ3n) is 2.11. The first-order valence-electron chi connectivity index (χ1n) is 4.24. The highest BCUT2D eigenvalue weighted by molar-refractivity contribution is 5.77. The van der Waals surface area contributed by atoms with Crippen LogP contribution in [0.3, 0.4) is 0 Å². The van der Waals surface area contributed by atoms with Crippen molar-refractivity contribution in [3.63, 3.8) is 0 Å². The van der Waals surface area contributed by atoms with E-state index < -0.39 is 0 Å². The predicted molar refractivity (Wildman–Crippen MR) is 50.7 cm³/mol. The SMILES string of the molecule is CC(C)n1ccc2c(=O)[nH]ncc21. The number of nitrogens with zero attached hydrogens (tertiary/aromatic N) is 2. The van der Waals surface area contributed by atoms with Crippen molar-refractivity contribution in [2.45, 2.75) is 19.9 Å². The largest absolute Gasteiger partial charge is 0.344 e. The summed E-state index contributed by atoms with van der Waals surface area (Å²) in [6.45, 7) is 4.14. The van der Waals surface area contributed by atoms with Gasteiger partial charge < -0.3 is 4.57 Å². The van der Waals surface area contributed by atoms with Crippen LogP contribution in [0.2, 0.25) is 0 Å². The summed E-state index contributed by atoms with van der Waals surface area (Å²) in [4.78, 5) is 11.3. The van der Waals surface area contributed by atoms with Crippen LogP contribution < -0.4 is 5.56 Å². The second-order valence-corrected chi connectivity index (χ2v) is 3.31. The van der Waals surface area contributed by atoms with Crippen molar-refractivity contribution in [3.05, 3.63) is 28.8 Å². The van der Waals surface area contributed by atoms with E-state index in [9.17, 15) is 4.79 Å². The highest BCUT2D eigenvalue weighted by atomic mass is 16.1. The molecule has 0 aromatic carbocycles. The normalized spacial score (nSPS) is 11.3. The molecule has 68 valence electrons. The molecular formula is C9H11N3O. The first-order chi connectivity index (χ1) is 6.20. The van der Waals surface area contributed by atoms with Crippen molar-refractivity contribution < 1.29 is 0 Å². The van der Waals surface area contributed by atoms with Gasteiger partial charge in [0.25, 0.3) is 5.56 Å². The van der Waals surface area contributed by atoms with E-state index in [1.165, 1.54) is 0 Å². The van der Waals surface area contributed by atoms with Crippen molar-refractivity contribution in [3.8, 4) is 0 Å². The molecule has 2 aromatic heterocycles. The fourth-order valence-corrected chi connectivity index (χ4v) is 1.45. The Morgan fingerprint density at radius 1 is 1.54 bits per heavy atom. The molecule has 0 fully saturated rings. The standard InChI is InChI=1S/C9H11N3O/c1-6(2)12-4-3-7-8(12)5-10-11-9(7)13/h3-6H,1-2H3,(H,11,13). The molecule has 0 saturated carbocycles. The lowest BCUT2D eigenvalue weighted by Crippen LogP contribution is -2.08. The average molecular weight is 177 g/mol. The van der Waals surface area contributed by atoms with Gasteiger partial charge in [-0.15, -0.1) is 0 Å². The van der Waals surface area contributed by atoms with Crippen LogP contribution in [0.25, 0.3) is 10.9 Å². The second kappa shape index (κ2) is 2.73. The molecular weight excluding hydrogens is 166 g/mol. The summed E-state index contributed by atoms with van der Waals surface area (Å²) >= 11 is 0. The van der Waals surface area contributed by atoms with Crippen LogP contribution in [0.15, 0.2) is 23.3 Å².